The van der Waals surface area contributed by atoms with E-state index in [1.165, 1.54) is 11.3 Å². The molecule has 138 valence electrons. The van der Waals surface area contributed by atoms with E-state index in [2.05, 4.69) is 15.4 Å². The summed E-state index contributed by atoms with van der Waals surface area (Å²) >= 11 is 1.27. The van der Waals surface area contributed by atoms with Crippen LogP contribution in [0.25, 0.3) is 16.2 Å². The Morgan fingerprint density at radius 3 is 2.88 bits per heavy atom. The van der Waals surface area contributed by atoms with Crippen molar-refractivity contribution in [1.82, 2.24) is 19.9 Å². The first-order chi connectivity index (χ1) is 12.4. The number of hydrogen-bond donors (Lipinski definition) is 1. The summed E-state index contributed by atoms with van der Waals surface area (Å²) in [6, 6.07) is 4.33. The zero-order valence-electron chi connectivity index (χ0n) is 13.7. The lowest BCUT2D eigenvalue weighted by Crippen LogP contribution is -2.25. The third-order valence-electron chi connectivity index (χ3n) is 3.59. The van der Waals surface area contributed by atoms with Crippen molar-refractivity contribution in [3.05, 3.63) is 41.0 Å². The number of nitrogens with zero attached hydrogens (tertiary/aromatic N) is 3. The highest BCUT2D eigenvalue weighted by Gasteiger charge is 2.36. The predicted molar refractivity (Wildman–Crippen MR) is 90.1 cm³/mol. The summed E-state index contributed by atoms with van der Waals surface area (Å²) < 4.78 is 45.9. The fourth-order valence-corrected chi connectivity index (χ4v) is 3.08. The van der Waals surface area contributed by atoms with Gasteiger partial charge >= 0.3 is 6.18 Å². The number of hydrogen-bond acceptors (Lipinski definition) is 5. The number of amides is 1. The molecule has 1 N–H and O–H groups in total. The quantitative estimate of drug-likeness (QED) is 0.663. The number of carbonyl (C=O) groups is 1. The topological polar surface area (TPSA) is 68.5 Å². The smallest absolute Gasteiger partial charge is 0.385 e. The third kappa shape index (κ3) is 3.70. The Morgan fingerprint density at radius 2 is 2.23 bits per heavy atom. The van der Waals surface area contributed by atoms with Gasteiger partial charge in [0.1, 0.15) is 5.56 Å². The highest BCUT2D eigenvalue weighted by atomic mass is 32.1. The Kier molecular flexibility index (Phi) is 5.23. The average Bonchev–Trinajstić information content (AvgIpc) is 3.26. The monoisotopic (exact) mass is 384 g/mol. The molecule has 0 aliphatic carbocycles. The number of fused-ring (bicyclic) bond motifs is 1. The molecule has 0 saturated carbocycles. The van der Waals surface area contributed by atoms with Crippen LogP contribution in [0.3, 0.4) is 0 Å². The number of ether oxygens (including phenoxy) is 1. The van der Waals surface area contributed by atoms with Crippen LogP contribution >= 0.6 is 11.3 Å². The number of alkyl halides is 3. The van der Waals surface area contributed by atoms with Gasteiger partial charge in [-0.05, 0) is 23.9 Å². The molecule has 0 spiro atoms. The van der Waals surface area contributed by atoms with Crippen LogP contribution in [0.4, 0.5) is 13.2 Å². The fraction of sp³-hybridized carbons (Fsp3) is 0.312. The molecular formula is C16H15F3N4O2S. The maximum Gasteiger partial charge on any atom is 0.433 e. The van der Waals surface area contributed by atoms with E-state index in [4.69, 9.17) is 4.74 Å². The molecular weight excluding hydrogens is 369 g/mol. The van der Waals surface area contributed by atoms with E-state index in [1.807, 2.05) is 0 Å². The number of methoxy groups -OCH3 is 1. The minimum Gasteiger partial charge on any atom is -0.385 e. The van der Waals surface area contributed by atoms with Crippen LogP contribution in [0.5, 0.6) is 0 Å². The molecule has 10 heteroatoms. The Morgan fingerprint density at radius 1 is 1.42 bits per heavy atom. The largest absolute Gasteiger partial charge is 0.433 e. The number of rotatable bonds is 6. The summed E-state index contributed by atoms with van der Waals surface area (Å²) in [7, 11) is 1.54. The van der Waals surface area contributed by atoms with Crippen LogP contribution in [-0.2, 0) is 10.9 Å². The van der Waals surface area contributed by atoms with E-state index in [9.17, 15) is 18.0 Å². The second kappa shape index (κ2) is 7.42. The van der Waals surface area contributed by atoms with Crippen LogP contribution in [0.15, 0.2) is 29.8 Å². The molecule has 0 aliphatic rings. The Balaban J connectivity index is 2.03. The highest BCUT2D eigenvalue weighted by Crippen LogP contribution is 2.33. The number of aromatic nitrogens is 3. The van der Waals surface area contributed by atoms with Gasteiger partial charge in [0.2, 0.25) is 0 Å². The maximum absolute atomic E-state index is 13.4. The molecule has 6 nitrogen and oxygen atoms in total. The maximum atomic E-state index is 13.4. The highest BCUT2D eigenvalue weighted by molar-refractivity contribution is 7.13. The molecule has 3 rings (SSSR count). The van der Waals surface area contributed by atoms with Crippen molar-refractivity contribution in [3.63, 3.8) is 0 Å². The van der Waals surface area contributed by atoms with Gasteiger partial charge in [0.25, 0.3) is 5.91 Å². The van der Waals surface area contributed by atoms with Crippen molar-refractivity contribution < 1.29 is 22.7 Å². The summed E-state index contributed by atoms with van der Waals surface area (Å²) in [5.74, 6) is -0.528. The van der Waals surface area contributed by atoms with E-state index >= 15 is 0 Å². The second-order valence-corrected chi connectivity index (χ2v) is 6.35. The first-order valence-electron chi connectivity index (χ1n) is 7.69. The number of halogens is 3. The molecule has 3 heterocycles. The first-order valence-corrected chi connectivity index (χ1v) is 8.57. The Labute approximate surface area is 150 Å². The molecule has 0 saturated heterocycles. The van der Waals surface area contributed by atoms with Crippen molar-refractivity contribution in [2.45, 2.75) is 12.6 Å². The molecule has 0 aliphatic heterocycles. The second-order valence-electron chi connectivity index (χ2n) is 5.40. The molecule has 3 aromatic rings. The molecule has 26 heavy (non-hydrogen) atoms. The van der Waals surface area contributed by atoms with Crippen molar-refractivity contribution in [2.75, 3.05) is 20.3 Å². The summed E-state index contributed by atoms with van der Waals surface area (Å²) in [5.41, 5.74) is -0.975. The summed E-state index contributed by atoms with van der Waals surface area (Å²) in [6.45, 7) is 0.800. The van der Waals surface area contributed by atoms with E-state index in [0.717, 1.165) is 12.3 Å². The van der Waals surface area contributed by atoms with Gasteiger partial charge < -0.3 is 10.1 Å². The first kappa shape index (κ1) is 18.3. The normalized spacial score (nSPS) is 11.8. The van der Waals surface area contributed by atoms with Gasteiger partial charge in [-0.25, -0.2) is 9.50 Å². The van der Waals surface area contributed by atoms with Gasteiger partial charge in [-0.3, -0.25) is 4.79 Å². The average molecular weight is 384 g/mol. The van der Waals surface area contributed by atoms with Crippen molar-refractivity contribution >= 4 is 22.9 Å². The van der Waals surface area contributed by atoms with Gasteiger partial charge in [0, 0.05) is 20.3 Å². The van der Waals surface area contributed by atoms with E-state index < -0.39 is 17.8 Å². The van der Waals surface area contributed by atoms with Crippen LogP contribution in [-0.4, -0.2) is 40.8 Å². The molecule has 0 fully saturated rings. The molecule has 3 aromatic heterocycles. The molecule has 0 unspecified atom stereocenters. The molecule has 0 bridgehead atoms. The van der Waals surface area contributed by atoms with Crippen molar-refractivity contribution in [1.29, 1.82) is 0 Å². The van der Waals surface area contributed by atoms with E-state index in [1.54, 1.807) is 24.6 Å². The zero-order valence-corrected chi connectivity index (χ0v) is 14.5. The lowest BCUT2D eigenvalue weighted by Gasteiger charge is -2.11. The summed E-state index contributed by atoms with van der Waals surface area (Å²) in [4.78, 5) is 17.1. The molecule has 0 aromatic carbocycles. The van der Waals surface area contributed by atoms with Crippen LogP contribution < -0.4 is 5.32 Å². The van der Waals surface area contributed by atoms with Gasteiger partial charge in [-0.2, -0.15) is 18.3 Å². The molecule has 1 amide bonds. The number of nitrogens with one attached hydrogen (secondary N) is 1. The van der Waals surface area contributed by atoms with Gasteiger partial charge in [0.15, 0.2) is 11.3 Å². The predicted octanol–water partition coefficient (Wildman–Crippen LogP) is 3.24. The SMILES string of the molecule is COCCCNC(=O)c1cnn2c(C(F)(F)F)cc(-c3cccs3)nc12. The Hall–Kier alpha value is -2.46. The minimum atomic E-state index is -4.63. The van der Waals surface area contributed by atoms with Gasteiger partial charge in [-0.1, -0.05) is 6.07 Å². The number of thiophene rings is 1. The summed E-state index contributed by atoms with van der Waals surface area (Å²) in [6.07, 6.45) is -2.95. The lowest BCUT2D eigenvalue weighted by molar-refractivity contribution is -0.142. The Bertz CT molecular complexity index is 906. The van der Waals surface area contributed by atoms with Gasteiger partial charge in [-0.15, -0.1) is 11.3 Å². The van der Waals surface area contributed by atoms with E-state index in [-0.39, 0.29) is 16.9 Å². The summed E-state index contributed by atoms with van der Waals surface area (Å²) in [5, 5.41) is 8.10. The van der Waals surface area contributed by atoms with Crippen LogP contribution in [0.1, 0.15) is 22.5 Å². The lowest BCUT2D eigenvalue weighted by atomic mass is 10.2. The van der Waals surface area contributed by atoms with Crippen LogP contribution in [0, 0.1) is 0 Å². The molecule has 0 radical (unpaired) electrons. The van der Waals surface area contributed by atoms with Crippen molar-refractivity contribution in [2.24, 2.45) is 0 Å². The molecule has 0 atom stereocenters. The van der Waals surface area contributed by atoms with E-state index in [0.29, 0.717) is 29.0 Å². The third-order valence-corrected chi connectivity index (χ3v) is 4.48. The van der Waals surface area contributed by atoms with Crippen molar-refractivity contribution in [3.8, 4) is 10.6 Å². The minimum absolute atomic E-state index is 0.00803. The standard InChI is InChI=1S/C16H15F3N4O2S/c1-25-6-3-5-20-15(24)10-9-21-23-13(16(17,18)19)8-11(22-14(10)23)12-4-2-7-26-12/h2,4,7-9H,3,5-6H2,1H3,(H,20,24). The van der Waals surface area contributed by atoms with Crippen LogP contribution in [0.2, 0.25) is 0 Å². The van der Waals surface area contributed by atoms with Gasteiger partial charge in [0.05, 0.1) is 16.8 Å². The zero-order chi connectivity index (χ0) is 18.7. The fourth-order valence-electron chi connectivity index (χ4n) is 2.39. The number of carbonyl (C=O) groups excluding carboxylic acids is 1.